The summed E-state index contributed by atoms with van der Waals surface area (Å²) in [5.74, 6) is -0.183. The number of amides is 2. The van der Waals surface area contributed by atoms with Crippen LogP contribution in [0.15, 0.2) is 34.1 Å². The van der Waals surface area contributed by atoms with E-state index in [2.05, 4.69) is 39.6 Å². The zero-order valence-corrected chi connectivity index (χ0v) is 32.6. The quantitative estimate of drug-likeness (QED) is 0.195. The van der Waals surface area contributed by atoms with E-state index in [4.69, 9.17) is 15.2 Å². The Morgan fingerprint density at radius 1 is 0.745 bits per heavy atom. The molecule has 4 rings (SSSR count). The van der Waals surface area contributed by atoms with E-state index in [0.717, 1.165) is 51.9 Å². The highest BCUT2D eigenvalue weighted by molar-refractivity contribution is 7.91. The number of nitrogens with zero attached hydrogens (tertiary/aromatic N) is 2. The lowest BCUT2D eigenvalue weighted by Crippen LogP contribution is -2.40. The van der Waals surface area contributed by atoms with Gasteiger partial charge in [0.1, 0.15) is 11.5 Å². The second kappa shape index (κ2) is 18.8. The van der Waals surface area contributed by atoms with Gasteiger partial charge in [0.25, 0.3) is 11.8 Å². The summed E-state index contributed by atoms with van der Waals surface area (Å²) in [5, 5.41) is 8.71. The fourth-order valence-corrected chi connectivity index (χ4v) is 8.69. The van der Waals surface area contributed by atoms with E-state index in [-0.39, 0.29) is 55.7 Å². The van der Waals surface area contributed by atoms with Crippen molar-refractivity contribution >= 4 is 42.9 Å². The molecule has 51 heavy (non-hydrogen) atoms. The first-order chi connectivity index (χ1) is 24.2. The van der Waals surface area contributed by atoms with Crippen molar-refractivity contribution in [3.05, 3.63) is 35.4 Å². The van der Waals surface area contributed by atoms with Crippen molar-refractivity contribution in [3.8, 4) is 11.5 Å². The van der Waals surface area contributed by atoms with E-state index in [9.17, 15) is 26.4 Å². The van der Waals surface area contributed by atoms with Gasteiger partial charge in [0, 0.05) is 44.4 Å². The molecule has 2 saturated heterocycles. The smallest absolute Gasteiger partial charge is 0.255 e. The van der Waals surface area contributed by atoms with Crippen molar-refractivity contribution in [2.75, 3.05) is 83.1 Å². The third-order valence-electron chi connectivity index (χ3n) is 9.63. The lowest BCUT2D eigenvalue weighted by atomic mass is 10.1. The highest BCUT2D eigenvalue weighted by Crippen LogP contribution is 2.32. The number of methoxy groups -OCH3 is 2. The Balaban J connectivity index is 0.000000276. The van der Waals surface area contributed by atoms with E-state index in [0.29, 0.717) is 36.6 Å². The van der Waals surface area contributed by atoms with Crippen LogP contribution < -0.4 is 31.2 Å². The van der Waals surface area contributed by atoms with Gasteiger partial charge in [0.15, 0.2) is 19.7 Å². The number of nitrogens with two attached hydrogens (primary N) is 1. The van der Waals surface area contributed by atoms with Gasteiger partial charge in [-0.3, -0.25) is 19.4 Å². The fraction of sp³-hybridized carbons (Fsp3) is 0.600. The Hall–Kier alpha value is -3.60. The second-order valence-corrected chi connectivity index (χ2v) is 17.0. The second-order valence-electron chi connectivity index (χ2n) is 12.5. The zero-order chi connectivity index (χ0) is 37.9. The normalized spacial score (nSPS) is 18.1. The molecule has 0 aliphatic carbocycles. The Morgan fingerprint density at radius 2 is 1.18 bits per heavy atom. The minimum absolute atomic E-state index is 0.0306. The van der Waals surface area contributed by atoms with Gasteiger partial charge in [-0.05, 0) is 64.0 Å². The van der Waals surface area contributed by atoms with E-state index in [1.807, 2.05) is 0 Å². The minimum Gasteiger partial charge on any atom is -0.496 e. The maximum atomic E-state index is 12.7. The molecule has 2 fully saturated rings. The molecule has 0 saturated carbocycles. The highest BCUT2D eigenvalue weighted by Gasteiger charge is 2.28. The largest absolute Gasteiger partial charge is 0.496 e. The molecule has 0 spiro atoms. The Kier molecular flexibility index (Phi) is 15.4. The van der Waals surface area contributed by atoms with Gasteiger partial charge in [0.05, 0.1) is 58.0 Å². The molecule has 2 aromatic carbocycles. The molecular formula is C35H56N6O8S2. The molecule has 16 heteroatoms. The van der Waals surface area contributed by atoms with Gasteiger partial charge in [0.2, 0.25) is 0 Å². The number of ether oxygens (including phenoxy) is 2. The van der Waals surface area contributed by atoms with Crippen molar-refractivity contribution in [2.24, 2.45) is 0 Å². The fourth-order valence-electron chi connectivity index (χ4n) is 6.56. The van der Waals surface area contributed by atoms with Crippen molar-refractivity contribution in [2.45, 2.75) is 75.3 Å². The Bertz CT molecular complexity index is 1740. The Morgan fingerprint density at radius 3 is 1.59 bits per heavy atom. The number of nitrogen functional groups attached to an aromatic ring is 1. The lowest BCUT2D eigenvalue weighted by Gasteiger charge is -2.23. The number of carbonyl (C=O) groups excluding carboxylic acids is 2. The summed E-state index contributed by atoms with van der Waals surface area (Å²) in [6.07, 6.45) is 4.35. The van der Waals surface area contributed by atoms with Crippen molar-refractivity contribution in [1.82, 2.24) is 20.4 Å². The molecule has 0 radical (unpaired) electrons. The van der Waals surface area contributed by atoms with Gasteiger partial charge in [-0.2, -0.15) is 0 Å². The topological polar surface area (TPSA) is 189 Å². The average Bonchev–Trinajstić information content (AvgIpc) is 3.81. The SMILES string of the molecule is CCN1CCCC1CNC(=O)c1cc(S(=O)(=O)CC)c(N)cc1OC.CCN1CCCC1CNC(=O)c1cc(S(=O)(=O)CC)c(NC)cc1OC. The molecule has 2 aromatic rings. The standard InChI is InChI=1S/C18H29N3O4S.C17H27N3O4S/c1-5-21-9-7-8-13(21)12-20-18(22)14-10-17(26(23,24)6-2)15(19-3)11-16(14)25-4;1-4-20-8-6-7-12(20)11-19-17(21)13-9-16(25(22,23)5-2)14(18)10-15(13)24-3/h10-11,13,19H,5-9,12H2,1-4H3,(H,20,22);9-10,12H,4-8,11,18H2,1-3H3,(H,19,21). The molecule has 2 aliphatic rings. The third-order valence-corrected chi connectivity index (χ3v) is 13.2. The monoisotopic (exact) mass is 752 g/mol. The van der Waals surface area contributed by atoms with E-state index in [1.54, 1.807) is 20.0 Å². The Labute approximate surface area is 303 Å². The lowest BCUT2D eigenvalue weighted by molar-refractivity contribution is 0.0930. The number of hydrogen-bond acceptors (Lipinski definition) is 12. The van der Waals surface area contributed by atoms with Crippen LogP contribution in [0.5, 0.6) is 11.5 Å². The predicted octanol–water partition coefficient (Wildman–Crippen LogP) is 3.03. The third kappa shape index (κ3) is 10.3. The maximum absolute atomic E-state index is 12.7. The predicted molar refractivity (Wildman–Crippen MR) is 201 cm³/mol. The van der Waals surface area contributed by atoms with Crippen LogP contribution in [0.3, 0.4) is 0 Å². The van der Waals surface area contributed by atoms with E-state index < -0.39 is 19.7 Å². The van der Waals surface area contributed by atoms with Gasteiger partial charge in [-0.25, -0.2) is 16.8 Å². The number of likely N-dealkylation sites (N-methyl/N-ethyl adjacent to an activating group) is 2. The first kappa shape index (κ1) is 41.8. The molecule has 2 amide bonds. The summed E-state index contributed by atoms with van der Waals surface area (Å²) in [5.41, 5.74) is 6.77. The molecule has 5 N–H and O–H groups in total. The summed E-state index contributed by atoms with van der Waals surface area (Å²) in [7, 11) is -2.46. The van der Waals surface area contributed by atoms with Crippen molar-refractivity contribution in [1.29, 1.82) is 0 Å². The van der Waals surface area contributed by atoms with Gasteiger partial charge in [-0.1, -0.05) is 27.7 Å². The van der Waals surface area contributed by atoms with Crippen LogP contribution in [0, 0.1) is 0 Å². The molecule has 0 aromatic heterocycles. The summed E-state index contributed by atoms with van der Waals surface area (Å²) in [4.78, 5) is 30.1. The van der Waals surface area contributed by atoms with Crippen molar-refractivity contribution < 1.29 is 35.9 Å². The van der Waals surface area contributed by atoms with Gasteiger partial charge >= 0.3 is 0 Å². The number of sulfone groups is 2. The highest BCUT2D eigenvalue weighted by atomic mass is 32.2. The molecule has 2 unspecified atom stereocenters. The van der Waals surface area contributed by atoms with Crippen LogP contribution in [-0.4, -0.2) is 123 Å². The van der Waals surface area contributed by atoms with Crippen LogP contribution in [0.2, 0.25) is 0 Å². The average molecular weight is 753 g/mol. The number of rotatable bonds is 15. The molecule has 286 valence electrons. The van der Waals surface area contributed by atoms with E-state index in [1.165, 1.54) is 39.3 Å². The van der Waals surface area contributed by atoms with Crippen molar-refractivity contribution in [3.63, 3.8) is 0 Å². The first-order valence-corrected chi connectivity index (χ1v) is 20.9. The molecule has 2 aliphatic heterocycles. The molecule has 2 heterocycles. The van der Waals surface area contributed by atoms with Crippen LogP contribution >= 0.6 is 0 Å². The van der Waals surface area contributed by atoms with Gasteiger partial charge < -0.3 is 31.2 Å². The minimum atomic E-state index is -3.52. The number of likely N-dealkylation sites (tertiary alicyclic amines) is 2. The summed E-state index contributed by atoms with van der Waals surface area (Å²) < 4.78 is 59.7. The summed E-state index contributed by atoms with van der Waals surface area (Å²) in [6.45, 7) is 12.4. The van der Waals surface area contributed by atoms with Gasteiger partial charge in [-0.15, -0.1) is 0 Å². The summed E-state index contributed by atoms with van der Waals surface area (Å²) in [6, 6.07) is 6.31. The van der Waals surface area contributed by atoms with Crippen LogP contribution in [-0.2, 0) is 19.7 Å². The number of carbonyl (C=O) groups is 2. The number of anilines is 2. The molecular weight excluding hydrogens is 697 g/mol. The van der Waals surface area contributed by atoms with Crippen LogP contribution in [0.4, 0.5) is 11.4 Å². The molecule has 2 atom stereocenters. The number of benzene rings is 2. The molecule has 14 nitrogen and oxygen atoms in total. The number of hydrogen-bond donors (Lipinski definition) is 4. The van der Waals surface area contributed by atoms with E-state index >= 15 is 0 Å². The zero-order valence-electron chi connectivity index (χ0n) is 31.0. The van der Waals surface area contributed by atoms with Crippen LogP contribution in [0.25, 0.3) is 0 Å². The molecule has 0 bridgehead atoms. The first-order valence-electron chi connectivity index (χ1n) is 17.6. The summed E-state index contributed by atoms with van der Waals surface area (Å²) >= 11 is 0. The van der Waals surface area contributed by atoms with Crippen LogP contribution in [0.1, 0.15) is 74.1 Å². The number of nitrogens with one attached hydrogen (secondary N) is 3. The maximum Gasteiger partial charge on any atom is 0.255 e.